The van der Waals surface area contributed by atoms with Crippen LogP contribution in [0.2, 0.25) is 0 Å². The molecule has 0 bridgehead atoms. The zero-order chi connectivity index (χ0) is 25.9. The van der Waals surface area contributed by atoms with Crippen molar-refractivity contribution < 1.29 is 9.47 Å². The van der Waals surface area contributed by atoms with Gasteiger partial charge in [0.2, 0.25) is 0 Å². The molecule has 0 radical (unpaired) electrons. The van der Waals surface area contributed by atoms with Gasteiger partial charge in [-0.1, -0.05) is 24.3 Å². The number of benzene rings is 3. The molecule has 1 fully saturated rings. The van der Waals surface area contributed by atoms with Crippen molar-refractivity contribution in [3.8, 4) is 22.9 Å². The lowest BCUT2D eigenvalue weighted by atomic mass is 9.98. The molecule has 6 nitrogen and oxygen atoms in total. The Morgan fingerprint density at radius 2 is 1.45 bits per heavy atom. The highest BCUT2D eigenvalue weighted by atomic mass is 32.1. The standard InChI is InChI=1S/C31H26N4O2S/c1-36-25-14-16-27(17-15-25)37-26-12-10-24(11-13-26)35-30(29(33-31(35)38)28-9-5-6-19-32-28)22-18-20-34(21-22)23-7-3-2-4-8-23/h2-21,29-30H,1H3,(H,33,38)/t29-,30-/m1/s1. The van der Waals surface area contributed by atoms with Crippen molar-refractivity contribution >= 4 is 23.0 Å². The SMILES string of the molecule is COc1ccc(Oc2ccc(N3C(=S)N[C@H](c4ccccn4)[C@H]3c3ccn(-c4ccccc4)c3)cc2)cc1. The van der Waals surface area contributed by atoms with Gasteiger partial charge >= 0.3 is 0 Å². The van der Waals surface area contributed by atoms with E-state index in [1.165, 1.54) is 0 Å². The minimum Gasteiger partial charge on any atom is -0.497 e. The summed E-state index contributed by atoms with van der Waals surface area (Å²) in [7, 11) is 1.65. The summed E-state index contributed by atoms with van der Waals surface area (Å²) < 4.78 is 13.4. The van der Waals surface area contributed by atoms with Gasteiger partial charge in [-0.15, -0.1) is 0 Å². The first-order chi connectivity index (χ1) is 18.7. The molecule has 0 amide bonds. The number of anilines is 1. The molecule has 1 N–H and O–H groups in total. The molecule has 188 valence electrons. The Bertz CT molecular complexity index is 1520. The number of hydrogen-bond donors (Lipinski definition) is 1. The molecule has 0 aliphatic carbocycles. The molecule has 2 atom stereocenters. The highest BCUT2D eigenvalue weighted by Gasteiger charge is 2.41. The smallest absolute Gasteiger partial charge is 0.174 e. The second kappa shape index (κ2) is 10.4. The molecule has 0 unspecified atom stereocenters. The van der Waals surface area contributed by atoms with E-state index in [4.69, 9.17) is 21.7 Å². The van der Waals surface area contributed by atoms with E-state index in [9.17, 15) is 0 Å². The molecule has 5 aromatic rings. The van der Waals surface area contributed by atoms with Gasteiger partial charge in [-0.05, 0) is 96.6 Å². The first kappa shape index (κ1) is 23.8. The highest BCUT2D eigenvalue weighted by molar-refractivity contribution is 7.80. The van der Waals surface area contributed by atoms with Crippen LogP contribution in [0.15, 0.2) is 122 Å². The predicted molar refractivity (Wildman–Crippen MR) is 153 cm³/mol. The molecule has 1 saturated heterocycles. The van der Waals surface area contributed by atoms with E-state index in [0.717, 1.165) is 39.9 Å². The Hall–Kier alpha value is -4.62. The lowest BCUT2D eigenvalue weighted by Crippen LogP contribution is -2.29. The van der Waals surface area contributed by atoms with E-state index < -0.39 is 0 Å². The zero-order valence-corrected chi connectivity index (χ0v) is 21.6. The van der Waals surface area contributed by atoms with Crippen LogP contribution in [0.25, 0.3) is 5.69 Å². The van der Waals surface area contributed by atoms with E-state index >= 15 is 0 Å². The van der Waals surface area contributed by atoms with Gasteiger partial charge in [0.25, 0.3) is 0 Å². The number of nitrogens with one attached hydrogen (secondary N) is 1. The number of pyridine rings is 1. The third kappa shape index (κ3) is 4.71. The van der Waals surface area contributed by atoms with Gasteiger partial charge in [0, 0.05) is 30.0 Å². The fourth-order valence-electron chi connectivity index (χ4n) is 4.78. The second-order valence-corrected chi connectivity index (χ2v) is 9.34. The minimum absolute atomic E-state index is 0.0873. The van der Waals surface area contributed by atoms with Gasteiger partial charge in [0.15, 0.2) is 5.11 Å². The maximum absolute atomic E-state index is 6.04. The number of rotatable bonds is 7. The topological polar surface area (TPSA) is 51.6 Å². The van der Waals surface area contributed by atoms with Crippen molar-refractivity contribution in [2.45, 2.75) is 12.1 Å². The van der Waals surface area contributed by atoms with Crippen LogP contribution in [0.5, 0.6) is 17.2 Å². The number of aromatic nitrogens is 2. The van der Waals surface area contributed by atoms with Crippen molar-refractivity contribution in [1.82, 2.24) is 14.9 Å². The largest absolute Gasteiger partial charge is 0.497 e. The fraction of sp³-hybridized carbons (Fsp3) is 0.0968. The van der Waals surface area contributed by atoms with Crippen molar-refractivity contribution in [2.24, 2.45) is 0 Å². The zero-order valence-electron chi connectivity index (χ0n) is 20.8. The van der Waals surface area contributed by atoms with Crippen LogP contribution in [0, 0.1) is 0 Å². The normalized spacial score (nSPS) is 16.8. The molecule has 1 aliphatic rings. The van der Waals surface area contributed by atoms with Crippen LogP contribution in [0.3, 0.4) is 0 Å². The molecule has 0 spiro atoms. The van der Waals surface area contributed by atoms with Gasteiger partial charge in [-0.25, -0.2) is 0 Å². The van der Waals surface area contributed by atoms with Crippen LogP contribution in [-0.2, 0) is 0 Å². The average Bonchev–Trinajstić information content (AvgIpc) is 3.60. The third-order valence-corrected chi connectivity index (χ3v) is 6.93. The predicted octanol–water partition coefficient (Wildman–Crippen LogP) is 6.85. The Labute approximate surface area is 227 Å². The van der Waals surface area contributed by atoms with Gasteiger partial charge in [0.05, 0.1) is 24.9 Å². The molecule has 1 aliphatic heterocycles. The lowest BCUT2D eigenvalue weighted by molar-refractivity contribution is 0.413. The number of para-hydroxylation sites is 1. The molecule has 0 saturated carbocycles. The number of thiocarbonyl (C=S) groups is 1. The summed E-state index contributed by atoms with van der Waals surface area (Å²) >= 11 is 5.88. The van der Waals surface area contributed by atoms with Gasteiger partial charge < -0.3 is 24.3 Å². The molecular formula is C31H26N4O2S. The summed E-state index contributed by atoms with van der Waals surface area (Å²) in [6.07, 6.45) is 6.07. The Balaban J connectivity index is 1.32. The lowest BCUT2D eigenvalue weighted by Gasteiger charge is -2.27. The summed E-state index contributed by atoms with van der Waals surface area (Å²) in [5, 5.41) is 4.18. The van der Waals surface area contributed by atoms with Crippen molar-refractivity contribution in [3.63, 3.8) is 0 Å². The van der Waals surface area contributed by atoms with E-state index in [2.05, 4.69) is 50.4 Å². The summed E-state index contributed by atoms with van der Waals surface area (Å²) in [4.78, 5) is 6.82. The first-order valence-electron chi connectivity index (χ1n) is 12.4. The van der Waals surface area contributed by atoms with Crippen molar-refractivity contribution in [1.29, 1.82) is 0 Å². The Morgan fingerprint density at radius 1 is 0.763 bits per heavy atom. The monoisotopic (exact) mass is 518 g/mol. The average molecular weight is 519 g/mol. The Morgan fingerprint density at radius 3 is 2.13 bits per heavy atom. The van der Waals surface area contributed by atoms with Crippen LogP contribution >= 0.6 is 12.2 Å². The Kier molecular flexibility index (Phi) is 6.50. The summed E-state index contributed by atoms with van der Waals surface area (Å²) in [6, 6.07) is 33.7. The first-order valence-corrected chi connectivity index (χ1v) is 12.8. The van der Waals surface area contributed by atoms with Crippen molar-refractivity contribution in [2.75, 3.05) is 12.0 Å². The maximum Gasteiger partial charge on any atom is 0.174 e. The van der Waals surface area contributed by atoms with Crippen LogP contribution in [-0.4, -0.2) is 21.8 Å². The van der Waals surface area contributed by atoms with Crippen LogP contribution < -0.4 is 19.7 Å². The van der Waals surface area contributed by atoms with E-state index in [-0.39, 0.29) is 12.1 Å². The van der Waals surface area contributed by atoms with Crippen molar-refractivity contribution in [3.05, 3.63) is 133 Å². The summed E-state index contributed by atoms with van der Waals surface area (Å²) in [5.41, 5.74) is 4.15. The van der Waals surface area contributed by atoms with Crippen LogP contribution in [0.4, 0.5) is 5.69 Å². The number of methoxy groups -OCH3 is 1. The summed E-state index contributed by atoms with van der Waals surface area (Å²) in [5.74, 6) is 2.27. The van der Waals surface area contributed by atoms with Gasteiger partial charge in [-0.3, -0.25) is 4.98 Å². The third-order valence-electron chi connectivity index (χ3n) is 6.62. The summed E-state index contributed by atoms with van der Waals surface area (Å²) in [6.45, 7) is 0. The van der Waals surface area contributed by atoms with E-state index in [1.54, 1.807) is 7.11 Å². The second-order valence-electron chi connectivity index (χ2n) is 8.96. The number of ether oxygens (including phenoxy) is 2. The molecule has 3 heterocycles. The van der Waals surface area contributed by atoms with Crippen LogP contribution in [0.1, 0.15) is 23.3 Å². The van der Waals surface area contributed by atoms with E-state index in [0.29, 0.717) is 5.11 Å². The molecule has 38 heavy (non-hydrogen) atoms. The molecular weight excluding hydrogens is 492 g/mol. The minimum atomic E-state index is -0.106. The molecule has 2 aromatic heterocycles. The van der Waals surface area contributed by atoms with Gasteiger partial charge in [-0.2, -0.15) is 0 Å². The molecule has 7 heteroatoms. The molecule has 6 rings (SSSR count). The number of hydrogen-bond acceptors (Lipinski definition) is 4. The highest BCUT2D eigenvalue weighted by Crippen LogP contribution is 2.42. The quantitative estimate of drug-likeness (QED) is 0.238. The number of nitrogens with zero attached hydrogens (tertiary/aromatic N) is 3. The van der Waals surface area contributed by atoms with Gasteiger partial charge in [0.1, 0.15) is 17.2 Å². The molecule has 3 aromatic carbocycles. The maximum atomic E-state index is 6.04. The fourth-order valence-corrected chi connectivity index (χ4v) is 5.12. The van der Waals surface area contributed by atoms with E-state index in [1.807, 2.05) is 91.1 Å².